The molecule has 3 aromatic rings. The third-order valence-corrected chi connectivity index (χ3v) is 6.31. The lowest BCUT2D eigenvalue weighted by Crippen LogP contribution is -2.43. The minimum atomic E-state index is -0.815. The van der Waals surface area contributed by atoms with Gasteiger partial charge in [0, 0.05) is 29.5 Å². The molecular weight excluding hydrogens is 465 g/mol. The van der Waals surface area contributed by atoms with Crippen LogP contribution < -0.4 is 32.2 Å². The average molecular weight is 492 g/mol. The Labute approximate surface area is 206 Å². The van der Waals surface area contributed by atoms with Gasteiger partial charge in [-0.25, -0.2) is 9.37 Å². The van der Waals surface area contributed by atoms with Gasteiger partial charge < -0.3 is 32.2 Å². The molecule has 7 N–H and O–H groups in total. The van der Waals surface area contributed by atoms with E-state index in [-0.39, 0.29) is 41.8 Å². The number of halogens is 1. The van der Waals surface area contributed by atoms with E-state index in [9.17, 15) is 14.0 Å². The predicted octanol–water partition coefficient (Wildman–Crippen LogP) is 3.14. The normalized spacial score (nSPS) is 19.0. The number of hydrogen-bond donors (Lipinski definition) is 5. The van der Waals surface area contributed by atoms with Crippen molar-refractivity contribution in [2.75, 3.05) is 22.6 Å². The third-order valence-electron chi connectivity index (χ3n) is 6.31. The molecule has 0 radical (unpaired) electrons. The Bertz CT molecular complexity index is 1330. The van der Waals surface area contributed by atoms with Gasteiger partial charge in [0.25, 0.3) is 11.8 Å². The number of nitrogens with one attached hydrogen (secondary N) is 3. The summed E-state index contributed by atoms with van der Waals surface area (Å²) in [6.45, 7) is -0.0274. The number of pyridine rings is 2. The zero-order chi connectivity index (χ0) is 25.2. The van der Waals surface area contributed by atoms with Crippen LogP contribution in [0.25, 0.3) is 11.3 Å². The topological polar surface area (TPSA) is 157 Å². The van der Waals surface area contributed by atoms with E-state index in [1.54, 1.807) is 30.5 Å². The monoisotopic (exact) mass is 491 g/mol. The largest absolute Gasteiger partial charge is 0.482 e. The van der Waals surface area contributed by atoms with Crippen LogP contribution in [0, 0.1) is 5.82 Å². The summed E-state index contributed by atoms with van der Waals surface area (Å²) < 4.78 is 20.2. The summed E-state index contributed by atoms with van der Waals surface area (Å²) in [5.74, 6) is -1.04. The van der Waals surface area contributed by atoms with Gasteiger partial charge in [0.2, 0.25) is 0 Å². The van der Waals surface area contributed by atoms with Crippen LogP contribution in [0.5, 0.6) is 5.75 Å². The van der Waals surface area contributed by atoms with E-state index in [4.69, 9.17) is 16.2 Å². The number of rotatable bonds is 6. The van der Waals surface area contributed by atoms with Crippen molar-refractivity contribution in [3.63, 3.8) is 0 Å². The number of amides is 2. The number of primary amides is 1. The summed E-state index contributed by atoms with van der Waals surface area (Å²) in [6, 6.07) is 9.62. The van der Waals surface area contributed by atoms with Gasteiger partial charge in [0.15, 0.2) is 18.2 Å². The summed E-state index contributed by atoms with van der Waals surface area (Å²) >= 11 is 0. The van der Waals surface area contributed by atoms with Crippen molar-refractivity contribution in [3.05, 3.63) is 54.0 Å². The lowest BCUT2D eigenvalue weighted by atomic mass is 9.91. The summed E-state index contributed by atoms with van der Waals surface area (Å²) in [6.07, 6.45) is 5.27. The van der Waals surface area contributed by atoms with E-state index in [1.807, 2.05) is 6.07 Å². The summed E-state index contributed by atoms with van der Waals surface area (Å²) in [7, 11) is 0. The van der Waals surface area contributed by atoms with Crippen LogP contribution in [-0.4, -0.2) is 40.5 Å². The van der Waals surface area contributed by atoms with Gasteiger partial charge in [-0.2, -0.15) is 0 Å². The van der Waals surface area contributed by atoms with E-state index in [0.717, 1.165) is 37.3 Å². The molecule has 0 saturated heterocycles. The lowest BCUT2D eigenvalue weighted by Gasteiger charge is -2.30. The van der Waals surface area contributed by atoms with Crippen LogP contribution in [-0.2, 0) is 4.79 Å². The minimum Gasteiger partial charge on any atom is -0.482 e. The molecule has 0 bridgehead atoms. The molecule has 1 saturated carbocycles. The number of fused-ring (bicyclic) bond motifs is 1. The number of nitrogens with zero attached hydrogens (tertiary/aromatic N) is 2. The van der Waals surface area contributed by atoms with Crippen molar-refractivity contribution in [3.8, 4) is 17.0 Å². The van der Waals surface area contributed by atoms with Crippen LogP contribution >= 0.6 is 0 Å². The average Bonchev–Trinajstić information content (AvgIpc) is 2.86. The van der Waals surface area contributed by atoms with Crippen LogP contribution in [0.3, 0.4) is 0 Å². The zero-order valence-corrected chi connectivity index (χ0v) is 19.4. The highest BCUT2D eigenvalue weighted by Crippen LogP contribution is 2.33. The van der Waals surface area contributed by atoms with Gasteiger partial charge in [-0.3, -0.25) is 14.6 Å². The van der Waals surface area contributed by atoms with E-state index in [2.05, 4.69) is 25.9 Å². The number of ether oxygens (including phenoxy) is 1. The molecule has 1 fully saturated rings. The molecular formula is C25H26FN7O3. The second kappa shape index (κ2) is 9.78. The summed E-state index contributed by atoms with van der Waals surface area (Å²) in [5, 5.41) is 8.94. The van der Waals surface area contributed by atoms with E-state index < -0.39 is 11.7 Å². The van der Waals surface area contributed by atoms with Crippen LogP contribution in [0.2, 0.25) is 0 Å². The fourth-order valence-corrected chi connectivity index (χ4v) is 4.43. The first-order valence-corrected chi connectivity index (χ1v) is 11.7. The third kappa shape index (κ3) is 4.91. The second-order valence-corrected chi connectivity index (χ2v) is 8.88. The van der Waals surface area contributed by atoms with Crippen molar-refractivity contribution < 1.29 is 18.7 Å². The van der Waals surface area contributed by atoms with E-state index in [1.165, 1.54) is 0 Å². The minimum absolute atomic E-state index is 0.00422. The highest BCUT2D eigenvalue weighted by Gasteiger charge is 2.24. The SMILES string of the molecule is NC(=O)c1cc(F)c(N[C@@H]2CCCCC2N)nc1Nc1ccnc(-c2ccc3c(c2)NC(=O)CO3)c1. The van der Waals surface area contributed by atoms with Crippen LogP contribution in [0.1, 0.15) is 36.0 Å². The molecule has 186 valence electrons. The van der Waals surface area contributed by atoms with Crippen molar-refractivity contribution in [1.29, 1.82) is 0 Å². The predicted molar refractivity (Wildman–Crippen MR) is 134 cm³/mol. The Hall–Kier alpha value is -4.25. The Morgan fingerprint density at radius 2 is 1.97 bits per heavy atom. The molecule has 1 unspecified atom stereocenters. The molecule has 2 aliphatic rings. The van der Waals surface area contributed by atoms with Gasteiger partial charge >= 0.3 is 0 Å². The fraction of sp³-hybridized carbons (Fsp3) is 0.280. The Balaban J connectivity index is 1.43. The fourth-order valence-electron chi connectivity index (χ4n) is 4.43. The van der Waals surface area contributed by atoms with Crippen LogP contribution in [0.15, 0.2) is 42.6 Å². The quantitative estimate of drug-likeness (QED) is 0.352. The molecule has 11 heteroatoms. The smallest absolute Gasteiger partial charge is 0.262 e. The molecule has 1 aliphatic heterocycles. The number of aromatic nitrogens is 2. The Morgan fingerprint density at radius 1 is 1.14 bits per heavy atom. The Morgan fingerprint density at radius 3 is 2.78 bits per heavy atom. The van der Waals surface area contributed by atoms with Gasteiger partial charge in [-0.05, 0) is 49.2 Å². The van der Waals surface area contributed by atoms with Gasteiger partial charge in [0.05, 0.1) is 16.9 Å². The standard InChI is InChI=1S/C25H26FN7O3/c26-16-11-15(23(28)35)24(33-25(16)32-18-4-2-1-3-17(18)27)30-14-7-8-29-19(10-14)13-5-6-21-20(9-13)31-22(34)12-36-21/h5-11,17-18H,1-4,12,27H2,(H2,28,35)(H,31,34)(H2,29,30,32,33)/t17?,18-/m1/s1. The second-order valence-electron chi connectivity index (χ2n) is 8.88. The van der Waals surface area contributed by atoms with Crippen molar-refractivity contribution in [1.82, 2.24) is 9.97 Å². The number of anilines is 4. The first-order valence-electron chi connectivity index (χ1n) is 11.7. The molecule has 1 aromatic carbocycles. The maximum absolute atomic E-state index is 14.8. The summed E-state index contributed by atoms with van der Waals surface area (Å²) in [5.41, 5.74) is 14.1. The Kier molecular flexibility index (Phi) is 6.38. The lowest BCUT2D eigenvalue weighted by molar-refractivity contribution is -0.118. The van der Waals surface area contributed by atoms with Crippen molar-refractivity contribution >= 4 is 34.8 Å². The van der Waals surface area contributed by atoms with E-state index in [0.29, 0.717) is 22.8 Å². The molecule has 36 heavy (non-hydrogen) atoms. The van der Waals surface area contributed by atoms with Crippen LogP contribution in [0.4, 0.5) is 27.4 Å². The van der Waals surface area contributed by atoms with Crippen molar-refractivity contribution in [2.45, 2.75) is 37.8 Å². The van der Waals surface area contributed by atoms with E-state index >= 15 is 0 Å². The maximum atomic E-state index is 14.8. The van der Waals surface area contributed by atoms with Crippen molar-refractivity contribution in [2.24, 2.45) is 11.5 Å². The molecule has 5 rings (SSSR count). The first kappa shape index (κ1) is 23.5. The molecule has 2 atom stereocenters. The number of carbonyl (C=O) groups excluding carboxylic acids is 2. The number of benzene rings is 1. The molecule has 10 nitrogen and oxygen atoms in total. The van der Waals surface area contributed by atoms with Gasteiger partial charge in [-0.15, -0.1) is 0 Å². The summed E-state index contributed by atoms with van der Waals surface area (Å²) in [4.78, 5) is 32.5. The zero-order valence-electron chi connectivity index (χ0n) is 19.4. The highest BCUT2D eigenvalue weighted by atomic mass is 19.1. The molecule has 0 spiro atoms. The van der Waals surface area contributed by atoms with Gasteiger partial charge in [-0.1, -0.05) is 12.8 Å². The first-order chi connectivity index (χ1) is 17.4. The maximum Gasteiger partial charge on any atom is 0.262 e. The molecule has 1 aliphatic carbocycles. The molecule has 3 heterocycles. The van der Waals surface area contributed by atoms with Gasteiger partial charge in [0.1, 0.15) is 11.6 Å². The number of hydrogen-bond acceptors (Lipinski definition) is 8. The number of carbonyl (C=O) groups is 2. The highest BCUT2D eigenvalue weighted by molar-refractivity contribution is 5.99. The molecule has 2 aromatic heterocycles. The molecule has 2 amide bonds. The number of nitrogens with two attached hydrogens (primary N) is 2.